The van der Waals surface area contributed by atoms with Crippen LogP contribution in [0.4, 0.5) is 0 Å². The highest BCUT2D eigenvalue weighted by atomic mass is 16.5. The van der Waals surface area contributed by atoms with E-state index in [0.29, 0.717) is 18.7 Å². The third-order valence-electron chi connectivity index (χ3n) is 7.09. The molecule has 1 unspecified atom stereocenters. The Morgan fingerprint density at radius 3 is 2.61 bits per heavy atom. The minimum Gasteiger partial charge on any atom is -0.465 e. The van der Waals surface area contributed by atoms with Crippen molar-refractivity contribution in [2.24, 2.45) is 16.1 Å². The van der Waals surface area contributed by atoms with Crippen LogP contribution in [0.1, 0.15) is 43.2 Å². The van der Waals surface area contributed by atoms with Crippen LogP contribution in [0.3, 0.4) is 0 Å². The van der Waals surface area contributed by atoms with E-state index < -0.39 is 0 Å². The van der Waals surface area contributed by atoms with Crippen molar-refractivity contribution in [1.29, 1.82) is 0 Å². The van der Waals surface area contributed by atoms with Crippen molar-refractivity contribution in [2.75, 3.05) is 13.7 Å². The number of amidine groups is 1. The lowest BCUT2D eigenvalue weighted by atomic mass is 9.60. The highest BCUT2D eigenvalue weighted by Crippen LogP contribution is 2.62. The predicted octanol–water partition coefficient (Wildman–Crippen LogP) is 3.21. The van der Waals surface area contributed by atoms with Gasteiger partial charge in [0, 0.05) is 36.9 Å². The Kier molecular flexibility index (Phi) is 4.12. The summed E-state index contributed by atoms with van der Waals surface area (Å²) in [5.41, 5.74) is 10.7. The average molecular weight is 378 g/mol. The van der Waals surface area contributed by atoms with Crippen molar-refractivity contribution in [3.05, 3.63) is 48.0 Å². The van der Waals surface area contributed by atoms with E-state index in [-0.39, 0.29) is 11.0 Å². The second-order valence-corrected chi connectivity index (χ2v) is 8.30. The molecule has 3 aliphatic rings. The number of benzene rings is 1. The molecule has 0 saturated heterocycles. The van der Waals surface area contributed by atoms with Crippen LogP contribution in [0.25, 0.3) is 11.1 Å². The van der Waals surface area contributed by atoms with Crippen LogP contribution in [-0.2, 0) is 21.4 Å². The first kappa shape index (κ1) is 17.6. The fraction of sp³-hybridized carbons (Fsp3) is 0.500. The smallest absolute Gasteiger partial charge is 0.282 e. The Morgan fingerprint density at radius 2 is 1.89 bits per heavy atom. The van der Waals surface area contributed by atoms with Gasteiger partial charge >= 0.3 is 0 Å². The molecule has 2 spiro atoms. The van der Waals surface area contributed by atoms with Crippen LogP contribution in [0.15, 0.2) is 41.9 Å². The van der Waals surface area contributed by atoms with Crippen molar-refractivity contribution in [2.45, 2.75) is 50.2 Å². The molecule has 1 fully saturated rings. The Balaban J connectivity index is 1.63. The maximum Gasteiger partial charge on any atom is 0.282 e. The second kappa shape index (κ2) is 6.55. The number of hydrogen-bond acceptors (Lipinski definition) is 6. The molecule has 1 aromatic heterocycles. The van der Waals surface area contributed by atoms with Crippen LogP contribution in [0.2, 0.25) is 0 Å². The minimum atomic E-state index is -0.310. The molecular formula is C22H26N4O2. The summed E-state index contributed by atoms with van der Waals surface area (Å²) in [5, 5.41) is 0. The van der Waals surface area contributed by atoms with E-state index in [1.165, 1.54) is 11.1 Å². The molecule has 0 radical (unpaired) electrons. The largest absolute Gasteiger partial charge is 0.465 e. The summed E-state index contributed by atoms with van der Waals surface area (Å²) >= 11 is 0. The highest BCUT2D eigenvalue weighted by Gasteiger charge is 2.59. The van der Waals surface area contributed by atoms with E-state index in [9.17, 15) is 0 Å². The quantitative estimate of drug-likeness (QED) is 0.868. The van der Waals surface area contributed by atoms with Gasteiger partial charge in [0.05, 0.1) is 12.7 Å². The number of rotatable bonds is 2. The number of nitrogens with two attached hydrogens (primary N) is 1. The molecule has 28 heavy (non-hydrogen) atoms. The molecule has 5 rings (SSSR count). The van der Waals surface area contributed by atoms with Gasteiger partial charge < -0.3 is 15.2 Å². The number of nitrogens with zero attached hydrogens (tertiary/aromatic N) is 3. The fourth-order valence-corrected chi connectivity index (χ4v) is 5.67. The summed E-state index contributed by atoms with van der Waals surface area (Å²) in [6.45, 7) is 0.614. The van der Waals surface area contributed by atoms with Gasteiger partial charge in [-0.1, -0.05) is 12.1 Å². The summed E-state index contributed by atoms with van der Waals surface area (Å²) in [4.78, 5) is 13.4. The highest BCUT2D eigenvalue weighted by molar-refractivity contribution is 5.74. The lowest BCUT2D eigenvalue weighted by Gasteiger charge is -2.49. The molecule has 6 heteroatoms. The SMILES string of the molecule is COC1CCC2(CC1)Cc1ccc(-c3cncnc3)cc1C21CCOC(N)=N1. The van der Waals surface area contributed by atoms with Crippen LogP contribution in [0.5, 0.6) is 0 Å². The molecule has 2 N–H and O–H groups in total. The van der Waals surface area contributed by atoms with Gasteiger partial charge in [0.2, 0.25) is 0 Å². The van der Waals surface area contributed by atoms with Gasteiger partial charge in [0.25, 0.3) is 6.02 Å². The second-order valence-electron chi connectivity index (χ2n) is 8.30. The third kappa shape index (κ3) is 2.54. The van der Waals surface area contributed by atoms with E-state index in [1.807, 2.05) is 19.5 Å². The van der Waals surface area contributed by atoms with Gasteiger partial charge in [0.15, 0.2) is 0 Å². The van der Waals surface area contributed by atoms with Gasteiger partial charge in [-0.25, -0.2) is 15.0 Å². The monoisotopic (exact) mass is 378 g/mol. The summed E-state index contributed by atoms with van der Waals surface area (Å²) in [6, 6.07) is 7.04. The number of ether oxygens (including phenoxy) is 2. The van der Waals surface area contributed by atoms with Crippen LogP contribution >= 0.6 is 0 Å². The Morgan fingerprint density at radius 1 is 1.11 bits per heavy atom. The summed E-state index contributed by atoms with van der Waals surface area (Å²) < 4.78 is 11.2. The molecule has 6 nitrogen and oxygen atoms in total. The first-order chi connectivity index (χ1) is 13.7. The molecular weight excluding hydrogens is 352 g/mol. The first-order valence-electron chi connectivity index (χ1n) is 10.1. The van der Waals surface area contributed by atoms with Crippen LogP contribution in [0, 0.1) is 5.41 Å². The number of aliphatic imine (C=N–C) groups is 1. The minimum absolute atomic E-state index is 0.0879. The maximum atomic E-state index is 6.12. The molecule has 1 aliphatic heterocycles. The van der Waals surface area contributed by atoms with Gasteiger partial charge in [-0.3, -0.25) is 0 Å². The first-order valence-corrected chi connectivity index (χ1v) is 10.1. The van der Waals surface area contributed by atoms with Crippen molar-refractivity contribution in [3.63, 3.8) is 0 Å². The lowest BCUT2D eigenvalue weighted by Crippen LogP contribution is -2.49. The van der Waals surface area contributed by atoms with Crippen molar-refractivity contribution >= 4 is 6.02 Å². The summed E-state index contributed by atoms with van der Waals surface area (Å²) in [5.74, 6) is 0. The van der Waals surface area contributed by atoms with Crippen LogP contribution in [-0.4, -0.2) is 35.8 Å². The topological polar surface area (TPSA) is 82.6 Å². The van der Waals surface area contributed by atoms with Gasteiger partial charge in [-0.2, -0.15) is 0 Å². The number of methoxy groups -OCH3 is 1. The molecule has 2 aromatic rings. The fourth-order valence-electron chi connectivity index (χ4n) is 5.67. The standard InChI is InChI=1S/C22H26N4O2/c1-27-18-4-6-21(7-5-18)11-16-3-2-15(17-12-24-14-25-13-17)10-19(16)22(21)8-9-28-20(23)26-22/h2-3,10,12-14,18H,4-9,11H2,1H3,(H2,23,26). The molecule has 146 valence electrons. The van der Waals surface area contributed by atoms with E-state index in [1.54, 1.807) is 6.33 Å². The third-order valence-corrected chi connectivity index (χ3v) is 7.09. The molecule has 1 aromatic carbocycles. The summed E-state index contributed by atoms with van der Waals surface area (Å²) in [7, 11) is 1.82. The Bertz CT molecular complexity index is 906. The van der Waals surface area contributed by atoms with Gasteiger partial charge in [-0.15, -0.1) is 0 Å². The molecule has 1 saturated carbocycles. The van der Waals surface area contributed by atoms with Crippen molar-refractivity contribution < 1.29 is 9.47 Å². The molecule has 0 bridgehead atoms. The number of fused-ring (bicyclic) bond motifs is 3. The van der Waals surface area contributed by atoms with E-state index in [0.717, 1.165) is 49.7 Å². The van der Waals surface area contributed by atoms with Crippen molar-refractivity contribution in [1.82, 2.24) is 9.97 Å². The lowest BCUT2D eigenvalue weighted by molar-refractivity contribution is -0.0148. The Hall–Kier alpha value is -2.47. The predicted molar refractivity (Wildman–Crippen MR) is 107 cm³/mol. The zero-order chi connectivity index (χ0) is 19.2. The number of hydrogen-bond donors (Lipinski definition) is 1. The van der Waals surface area contributed by atoms with Gasteiger partial charge in [0.1, 0.15) is 11.9 Å². The zero-order valence-electron chi connectivity index (χ0n) is 16.2. The van der Waals surface area contributed by atoms with E-state index >= 15 is 0 Å². The van der Waals surface area contributed by atoms with Crippen LogP contribution < -0.4 is 5.73 Å². The molecule has 0 amide bonds. The van der Waals surface area contributed by atoms with Gasteiger partial charge in [-0.05, 0) is 54.9 Å². The summed E-state index contributed by atoms with van der Waals surface area (Å²) in [6.07, 6.45) is 11.9. The Labute approximate surface area is 165 Å². The number of aromatic nitrogens is 2. The average Bonchev–Trinajstić information content (AvgIpc) is 2.97. The molecule has 2 heterocycles. The van der Waals surface area contributed by atoms with Crippen molar-refractivity contribution in [3.8, 4) is 11.1 Å². The zero-order valence-corrected chi connectivity index (χ0v) is 16.2. The van der Waals surface area contributed by atoms with E-state index in [4.69, 9.17) is 20.2 Å². The normalized spacial score (nSPS) is 31.5. The van der Waals surface area contributed by atoms with E-state index in [2.05, 4.69) is 28.2 Å². The molecule has 1 atom stereocenters. The maximum absolute atomic E-state index is 6.12. The molecule has 2 aliphatic carbocycles.